The van der Waals surface area contributed by atoms with E-state index in [1.54, 1.807) is 11.6 Å². The molecule has 0 saturated carbocycles. The van der Waals surface area contributed by atoms with Crippen LogP contribution in [0.1, 0.15) is 18.5 Å². The van der Waals surface area contributed by atoms with Crippen molar-refractivity contribution in [3.8, 4) is 11.4 Å². The number of fused-ring (bicyclic) bond motifs is 1. The Morgan fingerprint density at radius 2 is 1.80 bits per heavy atom. The van der Waals surface area contributed by atoms with E-state index in [2.05, 4.69) is 25.1 Å². The van der Waals surface area contributed by atoms with Crippen LogP contribution < -0.4 is 15.6 Å². The van der Waals surface area contributed by atoms with Gasteiger partial charge in [0.1, 0.15) is 11.1 Å². The number of hydrogen-bond donors (Lipinski definition) is 2. The fraction of sp³-hybridized carbons (Fsp3) is 0.150. The molecule has 0 amide bonds. The average molecular weight is 415 g/mol. The Balaban J connectivity index is 1.60. The third-order valence-corrected chi connectivity index (χ3v) is 4.41. The third-order valence-electron chi connectivity index (χ3n) is 4.41. The topological polar surface area (TPSA) is 84.8 Å². The average Bonchev–Trinajstić information content (AvgIpc) is 3.12. The summed E-state index contributed by atoms with van der Waals surface area (Å²) < 4.78 is 42.3. The first-order chi connectivity index (χ1) is 14.3. The molecule has 0 bridgehead atoms. The Hall–Kier alpha value is -3.82. The lowest BCUT2D eigenvalue weighted by Gasteiger charge is -2.16. The molecule has 154 valence electrons. The van der Waals surface area contributed by atoms with Gasteiger partial charge in [-0.2, -0.15) is 10.1 Å². The molecule has 2 aromatic carbocycles. The van der Waals surface area contributed by atoms with E-state index in [1.165, 1.54) is 30.5 Å². The first-order valence-corrected chi connectivity index (χ1v) is 8.96. The fourth-order valence-corrected chi connectivity index (χ4v) is 2.99. The van der Waals surface area contributed by atoms with Crippen LogP contribution in [0.3, 0.4) is 0 Å². The highest BCUT2D eigenvalue weighted by molar-refractivity contribution is 5.76. The molecule has 0 aliphatic rings. The van der Waals surface area contributed by atoms with Crippen molar-refractivity contribution in [2.45, 2.75) is 19.3 Å². The molecule has 0 radical (unpaired) electrons. The van der Waals surface area contributed by atoms with Gasteiger partial charge < -0.3 is 10.1 Å². The molecule has 2 aromatic heterocycles. The predicted octanol–water partition coefficient (Wildman–Crippen LogP) is 4.18. The SMILES string of the molecule is C[C@H](Nc1nc2c(cnn2-c2ccccc2)c(=O)[nH]1)c1ccc(OC(F)(F)F)cc1. The first-order valence-electron chi connectivity index (χ1n) is 8.96. The molecule has 0 saturated heterocycles. The van der Waals surface area contributed by atoms with Gasteiger partial charge in [0.05, 0.1) is 17.9 Å². The van der Waals surface area contributed by atoms with Crippen LogP contribution in [-0.2, 0) is 0 Å². The number of benzene rings is 2. The highest BCUT2D eigenvalue weighted by Gasteiger charge is 2.31. The number of ether oxygens (including phenoxy) is 1. The van der Waals surface area contributed by atoms with Gasteiger partial charge in [-0.3, -0.25) is 9.78 Å². The lowest BCUT2D eigenvalue weighted by atomic mass is 10.1. The van der Waals surface area contributed by atoms with E-state index in [-0.39, 0.29) is 23.3 Å². The Morgan fingerprint density at radius 1 is 1.10 bits per heavy atom. The van der Waals surface area contributed by atoms with Crippen molar-refractivity contribution in [3.05, 3.63) is 76.7 Å². The highest BCUT2D eigenvalue weighted by Crippen LogP contribution is 2.25. The first kappa shape index (κ1) is 19.5. The van der Waals surface area contributed by atoms with Gasteiger partial charge >= 0.3 is 6.36 Å². The van der Waals surface area contributed by atoms with E-state index in [9.17, 15) is 18.0 Å². The number of halogens is 3. The molecule has 10 heteroatoms. The summed E-state index contributed by atoms with van der Waals surface area (Å²) in [4.78, 5) is 19.5. The molecule has 0 aliphatic carbocycles. The van der Waals surface area contributed by atoms with Gasteiger partial charge in [-0.15, -0.1) is 13.2 Å². The lowest BCUT2D eigenvalue weighted by Crippen LogP contribution is -2.17. The zero-order valence-electron chi connectivity index (χ0n) is 15.6. The number of nitrogens with one attached hydrogen (secondary N) is 2. The molecular weight excluding hydrogens is 399 g/mol. The van der Waals surface area contributed by atoms with Gasteiger partial charge in [-0.1, -0.05) is 30.3 Å². The number of alkyl halides is 3. The Bertz CT molecular complexity index is 1220. The summed E-state index contributed by atoms with van der Waals surface area (Å²) in [6.45, 7) is 1.79. The smallest absolute Gasteiger partial charge is 0.406 e. The molecule has 0 fully saturated rings. The molecular formula is C20H16F3N5O2. The molecule has 4 rings (SSSR count). The van der Waals surface area contributed by atoms with E-state index in [1.807, 2.05) is 30.3 Å². The number of aromatic amines is 1. The molecule has 2 heterocycles. The number of anilines is 1. The summed E-state index contributed by atoms with van der Waals surface area (Å²) in [6, 6.07) is 14.4. The van der Waals surface area contributed by atoms with Crippen LogP contribution >= 0.6 is 0 Å². The van der Waals surface area contributed by atoms with E-state index in [0.29, 0.717) is 16.6 Å². The van der Waals surface area contributed by atoms with Crippen molar-refractivity contribution in [3.63, 3.8) is 0 Å². The second-order valence-corrected chi connectivity index (χ2v) is 6.53. The minimum Gasteiger partial charge on any atom is -0.406 e. The van der Waals surface area contributed by atoms with Gasteiger partial charge in [-0.25, -0.2) is 4.68 Å². The van der Waals surface area contributed by atoms with Gasteiger partial charge in [0.2, 0.25) is 5.95 Å². The second kappa shape index (κ2) is 7.54. The summed E-state index contributed by atoms with van der Waals surface area (Å²) in [5, 5.41) is 7.64. The molecule has 1 atom stereocenters. The number of hydrogen-bond acceptors (Lipinski definition) is 5. The van der Waals surface area contributed by atoms with Crippen molar-refractivity contribution >= 4 is 17.0 Å². The number of aromatic nitrogens is 4. The van der Waals surface area contributed by atoms with Crippen LogP contribution in [-0.4, -0.2) is 26.1 Å². The monoisotopic (exact) mass is 415 g/mol. The number of H-pyrrole nitrogens is 1. The molecule has 4 aromatic rings. The van der Waals surface area contributed by atoms with Crippen LogP contribution in [0.15, 0.2) is 65.6 Å². The van der Waals surface area contributed by atoms with E-state index >= 15 is 0 Å². The third kappa shape index (κ3) is 4.12. The highest BCUT2D eigenvalue weighted by atomic mass is 19.4. The Morgan fingerprint density at radius 3 is 2.47 bits per heavy atom. The van der Waals surface area contributed by atoms with Crippen molar-refractivity contribution in [1.29, 1.82) is 0 Å². The zero-order chi connectivity index (χ0) is 21.3. The van der Waals surface area contributed by atoms with Gasteiger partial charge in [0.15, 0.2) is 5.65 Å². The maximum Gasteiger partial charge on any atom is 0.573 e. The predicted molar refractivity (Wildman–Crippen MR) is 105 cm³/mol. The zero-order valence-corrected chi connectivity index (χ0v) is 15.6. The fourth-order valence-electron chi connectivity index (χ4n) is 2.99. The molecule has 30 heavy (non-hydrogen) atoms. The van der Waals surface area contributed by atoms with Gasteiger partial charge in [0.25, 0.3) is 5.56 Å². The minimum absolute atomic E-state index is 0.216. The quantitative estimate of drug-likeness (QED) is 0.511. The largest absolute Gasteiger partial charge is 0.573 e. The van der Waals surface area contributed by atoms with Crippen molar-refractivity contribution in [2.75, 3.05) is 5.32 Å². The summed E-state index contributed by atoms with van der Waals surface area (Å²) in [7, 11) is 0. The van der Waals surface area contributed by atoms with Gasteiger partial charge in [-0.05, 0) is 36.8 Å². The van der Waals surface area contributed by atoms with E-state index in [0.717, 1.165) is 5.69 Å². The summed E-state index contributed by atoms with van der Waals surface area (Å²) in [5.41, 5.74) is 1.47. The van der Waals surface area contributed by atoms with Crippen LogP contribution in [0.5, 0.6) is 5.75 Å². The van der Waals surface area contributed by atoms with E-state index < -0.39 is 6.36 Å². The Kier molecular flexibility index (Phi) is 4.90. The van der Waals surface area contributed by atoms with Crippen molar-refractivity contribution in [1.82, 2.24) is 19.7 Å². The van der Waals surface area contributed by atoms with Crippen molar-refractivity contribution in [2.24, 2.45) is 0 Å². The maximum absolute atomic E-state index is 12.4. The van der Waals surface area contributed by atoms with Gasteiger partial charge in [0, 0.05) is 0 Å². The number of para-hydroxylation sites is 1. The van der Waals surface area contributed by atoms with Crippen LogP contribution in [0.4, 0.5) is 19.1 Å². The van der Waals surface area contributed by atoms with Crippen LogP contribution in [0.2, 0.25) is 0 Å². The van der Waals surface area contributed by atoms with Crippen LogP contribution in [0.25, 0.3) is 16.7 Å². The maximum atomic E-state index is 12.4. The molecule has 0 unspecified atom stereocenters. The molecule has 2 N–H and O–H groups in total. The summed E-state index contributed by atoms with van der Waals surface area (Å²) in [6.07, 6.45) is -3.30. The van der Waals surface area contributed by atoms with E-state index in [4.69, 9.17) is 0 Å². The normalized spacial score (nSPS) is 12.7. The van der Waals surface area contributed by atoms with Crippen molar-refractivity contribution < 1.29 is 17.9 Å². The summed E-state index contributed by atoms with van der Waals surface area (Å²) >= 11 is 0. The summed E-state index contributed by atoms with van der Waals surface area (Å²) in [5.74, 6) is -0.0912. The number of rotatable bonds is 5. The molecule has 0 spiro atoms. The lowest BCUT2D eigenvalue weighted by molar-refractivity contribution is -0.274. The van der Waals surface area contributed by atoms with Crippen LogP contribution in [0, 0.1) is 0 Å². The second-order valence-electron chi connectivity index (χ2n) is 6.53. The molecule has 0 aliphatic heterocycles. The molecule has 7 nitrogen and oxygen atoms in total. The minimum atomic E-state index is -4.74. The standard InChI is InChI=1S/C20H16F3N5O2/c1-12(13-7-9-15(10-8-13)30-20(21,22)23)25-19-26-17-16(18(29)27-19)11-24-28(17)14-5-3-2-4-6-14/h2-12H,1H3,(H2,25,26,27,29)/t12-/m0/s1. The Labute approximate surface area is 168 Å². The number of nitrogens with zero attached hydrogens (tertiary/aromatic N) is 3.